The minimum absolute atomic E-state index is 0.0556. The highest BCUT2D eigenvalue weighted by Crippen LogP contribution is 2.37. The Kier molecular flexibility index (Phi) is 15.2. The zero-order valence-electron chi connectivity index (χ0n) is 40.8. The maximum absolute atomic E-state index is 16.0. The SMILES string of the molecule is CC(C)(C)OC(=O)N1CCC[C@H]1c1nc2cc(C(=O)/C=C/C(=O)c3cc4nc([C@@H]5CCCN5C(=O)OC(C)(C)C)n(COCC[Si](C)(C)C)c4cc3F)c(F)cc2n1COCC[Si](C)(C)C. The summed E-state index contributed by atoms with van der Waals surface area (Å²) in [5.74, 6) is -2.38. The zero-order chi connectivity index (χ0) is 48.5. The van der Waals surface area contributed by atoms with Crippen LogP contribution in [-0.2, 0) is 32.4 Å². The first-order valence-electron chi connectivity index (χ1n) is 23.0. The van der Waals surface area contributed by atoms with Gasteiger partial charge in [0, 0.05) is 54.6 Å². The number of hydrogen-bond donors (Lipinski definition) is 0. The Morgan fingerprint density at radius 2 is 1.00 bits per heavy atom. The topological polar surface area (TPSA) is 147 Å². The number of amides is 2. The standard InChI is InChI=1S/C48H68F2N6O8Si2/c1-47(2,3)63-45(59)53-19-13-15-37(53)43-51-35-25-31(33(49)27-39(35)55(43)29-61-21-23-65(7,8)9)41(57)17-18-42(58)32-26-36-40(28-34(32)50)56(30-62-22-24-66(10,11)12)44(52-36)38-16-14-20-54(38)46(60)64-48(4,5)6/h17-18,25-28,37-38H,13-16,19-24,29-30H2,1-12H3/b18-17+/t37-,38-/m0/s1. The van der Waals surface area contributed by atoms with Crippen LogP contribution in [0.15, 0.2) is 36.4 Å². The van der Waals surface area contributed by atoms with Gasteiger partial charge in [-0.2, -0.15) is 0 Å². The van der Waals surface area contributed by atoms with E-state index in [2.05, 4.69) is 39.3 Å². The maximum Gasteiger partial charge on any atom is 0.410 e. The van der Waals surface area contributed by atoms with Gasteiger partial charge in [-0.1, -0.05) is 39.3 Å². The molecule has 4 aromatic rings. The minimum atomic E-state index is -1.42. The van der Waals surface area contributed by atoms with E-state index < -0.39 is 74.8 Å². The fourth-order valence-corrected chi connectivity index (χ4v) is 9.55. The third kappa shape index (κ3) is 12.6. The Bertz CT molecular complexity index is 2320. The molecule has 2 aromatic carbocycles. The molecule has 0 radical (unpaired) electrons. The highest BCUT2D eigenvalue weighted by atomic mass is 28.3. The van der Waals surface area contributed by atoms with Crippen molar-refractivity contribution < 1.29 is 46.9 Å². The number of fused-ring (bicyclic) bond motifs is 2. The first kappa shape index (κ1) is 50.6. The van der Waals surface area contributed by atoms with Crippen molar-refractivity contribution in [3.05, 3.63) is 70.8 Å². The largest absolute Gasteiger partial charge is 0.444 e. The van der Waals surface area contributed by atoms with Gasteiger partial charge < -0.3 is 28.1 Å². The van der Waals surface area contributed by atoms with E-state index in [1.807, 2.05) is 0 Å². The van der Waals surface area contributed by atoms with Gasteiger partial charge >= 0.3 is 12.2 Å². The van der Waals surface area contributed by atoms with Gasteiger partial charge in [0.1, 0.15) is 47.9 Å². The smallest absolute Gasteiger partial charge is 0.410 e. The van der Waals surface area contributed by atoms with Crippen LogP contribution in [-0.4, -0.2) is 106 Å². The molecule has 0 spiro atoms. The number of ether oxygens (including phenoxy) is 4. The molecule has 2 aromatic heterocycles. The summed E-state index contributed by atoms with van der Waals surface area (Å²) in [4.78, 5) is 66.9. The highest BCUT2D eigenvalue weighted by Gasteiger charge is 2.38. The monoisotopic (exact) mass is 950 g/mol. The summed E-state index contributed by atoms with van der Waals surface area (Å²) in [6, 6.07) is 5.94. The van der Waals surface area contributed by atoms with Crippen molar-refractivity contribution in [3.63, 3.8) is 0 Å². The number of nitrogens with zero attached hydrogens (tertiary/aromatic N) is 6. The summed E-state index contributed by atoms with van der Waals surface area (Å²) in [6.07, 6.45) is 3.48. The van der Waals surface area contributed by atoms with Gasteiger partial charge in [-0.25, -0.2) is 28.3 Å². The molecule has 2 saturated heterocycles. The number of rotatable bonds is 16. The molecule has 2 fully saturated rings. The number of halogens is 2. The Morgan fingerprint density at radius 3 is 1.33 bits per heavy atom. The average Bonchev–Trinajstić information content (AvgIpc) is 4.00. The van der Waals surface area contributed by atoms with E-state index in [4.69, 9.17) is 28.9 Å². The summed E-state index contributed by atoms with van der Waals surface area (Å²) in [5.41, 5.74) is -0.733. The summed E-state index contributed by atoms with van der Waals surface area (Å²) in [5, 5.41) is 0. The van der Waals surface area contributed by atoms with E-state index in [9.17, 15) is 19.2 Å². The average molecular weight is 951 g/mol. The molecule has 360 valence electrons. The number of benzene rings is 2. The van der Waals surface area contributed by atoms with Gasteiger partial charge in [0.05, 0.1) is 45.3 Å². The second-order valence-electron chi connectivity index (χ2n) is 21.9. The van der Waals surface area contributed by atoms with E-state index in [-0.39, 0.29) is 24.6 Å². The molecule has 0 unspecified atom stereocenters. The molecule has 14 nitrogen and oxygen atoms in total. The van der Waals surface area contributed by atoms with Gasteiger partial charge in [-0.05, 0) is 104 Å². The zero-order valence-corrected chi connectivity index (χ0v) is 42.8. The third-order valence-corrected chi connectivity index (χ3v) is 14.8. The second kappa shape index (κ2) is 19.8. The summed E-state index contributed by atoms with van der Waals surface area (Å²) < 4.78 is 59.2. The Hall–Kier alpha value is -4.79. The molecular weight excluding hydrogens is 883 g/mol. The van der Waals surface area contributed by atoms with Crippen LogP contribution in [0.4, 0.5) is 18.4 Å². The quantitative estimate of drug-likeness (QED) is 0.0460. The normalized spacial score (nSPS) is 17.5. The van der Waals surface area contributed by atoms with Crippen LogP contribution in [0.5, 0.6) is 0 Å². The van der Waals surface area contributed by atoms with Crippen LogP contribution in [0.2, 0.25) is 51.4 Å². The number of ketones is 2. The fourth-order valence-electron chi connectivity index (χ4n) is 8.03. The number of carbonyl (C=O) groups is 4. The van der Waals surface area contributed by atoms with Gasteiger partial charge in [0.25, 0.3) is 0 Å². The van der Waals surface area contributed by atoms with Crippen molar-refractivity contribution in [3.8, 4) is 0 Å². The summed E-state index contributed by atoms with van der Waals surface area (Å²) >= 11 is 0. The molecule has 0 saturated carbocycles. The molecule has 4 heterocycles. The van der Waals surface area contributed by atoms with Crippen LogP contribution in [0.3, 0.4) is 0 Å². The highest BCUT2D eigenvalue weighted by molar-refractivity contribution is 6.76. The molecule has 18 heteroatoms. The Morgan fingerprint density at radius 1 is 0.636 bits per heavy atom. The molecule has 2 atom stereocenters. The van der Waals surface area contributed by atoms with Crippen molar-refractivity contribution in [2.75, 3.05) is 26.3 Å². The molecule has 2 aliphatic heterocycles. The van der Waals surface area contributed by atoms with E-state index in [0.717, 1.165) is 24.2 Å². The van der Waals surface area contributed by atoms with Crippen molar-refractivity contribution in [1.82, 2.24) is 28.9 Å². The first-order valence-corrected chi connectivity index (χ1v) is 30.4. The molecule has 0 bridgehead atoms. The van der Waals surface area contributed by atoms with Gasteiger partial charge in [-0.3, -0.25) is 19.4 Å². The van der Waals surface area contributed by atoms with Gasteiger partial charge in [-0.15, -0.1) is 0 Å². The molecule has 2 aliphatic rings. The number of aromatic nitrogens is 4. The van der Waals surface area contributed by atoms with Crippen LogP contribution in [0.25, 0.3) is 22.1 Å². The van der Waals surface area contributed by atoms with Crippen LogP contribution in [0, 0.1) is 11.6 Å². The Balaban J connectivity index is 1.29. The van der Waals surface area contributed by atoms with Gasteiger partial charge in [0.15, 0.2) is 11.6 Å². The number of likely N-dealkylation sites (tertiary alicyclic amines) is 2. The fraction of sp³-hybridized carbons (Fsp3) is 0.583. The number of carbonyl (C=O) groups excluding carboxylic acids is 4. The molecule has 2 amide bonds. The lowest BCUT2D eigenvalue weighted by Crippen LogP contribution is -2.37. The molecule has 6 rings (SSSR count). The first-order chi connectivity index (χ1) is 30.7. The molecule has 0 aliphatic carbocycles. The maximum atomic E-state index is 16.0. The van der Waals surface area contributed by atoms with E-state index in [1.165, 1.54) is 24.3 Å². The third-order valence-electron chi connectivity index (χ3n) is 11.4. The van der Waals surface area contributed by atoms with Crippen LogP contribution in [0.1, 0.15) is 112 Å². The Labute approximate surface area is 389 Å². The number of allylic oxidation sites excluding steroid dienone is 2. The molecular formula is C48H68F2N6O8Si2. The number of hydrogen-bond acceptors (Lipinski definition) is 10. The summed E-state index contributed by atoms with van der Waals surface area (Å²) in [6.45, 7) is 26.3. The lowest BCUT2D eigenvalue weighted by atomic mass is 10.1. The molecule has 66 heavy (non-hydrogen) atoms. The van der Waals surface area contributed by atoms with Crippen molar-refractivity contribution >= 4 is 62.0 Å². The van der Waals surface area contributed by atoms with Crippen molar-refractivity contribution in [2.24, 2.45) is 0 Å². The number of imidazole rings is 2. The van der Waals surface area contributed by atoms with Crippen LogP contribution < -0.4 is 0 Å². The predicted molar refractivity (Wildman–Crippen MR) is 255 cm³/mol. The van der Waals surface area contributed by atoms with Crippen molar-refractivity contribution in [2.45, 2.75) is 155 Å². The van der Waals surface area contributed by atoms with E-state index >= 15 is 8.78 Å². The lowest BCUT2D eigenvalue weighted by molar-refractivity contribution is 0.0196. The lowest BCUT2D eigenvalue weighted by Gasteiger charge is -2.28. The predicted octanol–water partition coefficient (Wildman–Crippen LogP) is 11.1. The van der Waals surface area contributed by atoms with Crippen LogP contribution >= 0.6 is 0 Å². The molecule has 0 N–H and O–H groups in total. The van der Waals surface area contributed by atoms with Gasteiger partial charge in [0.2, 0.25) is 0 Å². The van der Waals surface area contributed by atoms with E-state index in [0.29, 0.717) is 85.7 Å². The minimum Gasteiger partial charge on any atom is -0.444 e. The van der Waals surface area contributed by atoms with E-state index in [1.54, 1.807) is 60.5 Å². The second-order valence-corrected chi connectivity index (χ2v) is 33.1. The summed E-state index contributed by atoms with van der Waals surface area (Å²) in [7, 11) is -2.85. The van der Waals surface area contributed by atoms with Crippen molar-refractivity contribution in [1.29, 1.82) is 0 Å².